The van der Waals surface area contributed by atoms with E-state index in [-0.39, 0.29) is 17.2 Å². The summed E-state index contributed by atoms with van der Waals surface area (Å²) in [5, 5.41) is 6.48. The Morgan fingerprint density at radius 3 is 2.26 bits per heavy atom. The average molecular weight is 268 g/mol. The fraction of sp³-hybridized carbons (Fsp3) is 0.938. The molecule has 1 fully saturated rings. The summed E-state index contributed by atoms with van der Waals surface area (Å²) in [4.78, 5) is 12.2. The number of amides is 1. The second-order valence-corrected chi connectivity index (χ2v) is 7.32. The van der Waals surface area contributed by atoms with E-state index < -0.39 is 0 Å². The van der Waals surface area contributed by atoms with Crippen molar-refractivity contribution in [2.24, 2.45) is 17.3 Å². The molecule has 0 atom stereocenters. The molecule has 0 aromatic rings. The number of carbonyl (C=O) groups excluding carboxylic acids is 1. The molecule has 0 saturated heterocycles. The van der Waals surface area contributed by atoms with Gasteiger partial charge in [0.25, 0.3) is 0 Å². The van der Waals surface area contributed by atoms with Crippen LogP contribution in [0.3, 0.4) is 0 Å². The van der Waals surface area contributed by atoms with Crippen molar-refractivity contribution in [3.63, 3.8) is 0 Å². The lowest BCUT2D eigenvalue weighted by Crippen LogP contribution is -2.41. The third kappa shape index (κ3) is 5.94. The number of nitrogens with one attached hydrogen (secondary N) is 2. The first-order valence-electron chi connectivity index (χ1n) is 7.79. The highest BCUT2D eigenvalue weighted by atomic mass is 16.1. The third-order valence-electron chi connectivity index (χ3n) is 4.21. The van der Waals surface area contributed by atoms with Gasteiger partial charge in [0.1, 0.15) is 0 Å². The SMILES string of the molecule is CNC1CCC(C(=O)NCC(C)(C)CC(C)C)CC1. The first kappa shape index (κ1) is 16.5. The van der Waals surface area contributed by atoms with Gasteiger partial charge in [0.15, 0.2) is 0 Å². The molecule has 0 aliphatic heterocycles. The fourth-order valence-electron chi connectivity index (χ4n) is 3.29. The smallest absolute Gasteiger partial charge is 0.223 e. The maximum absolute atomic E-state index is 12.2. The monoisotopic (exact) mass is 268 g/mol. The van der Waals surface area contributed by atoms with Gasteiger partial charge in [-0.15, -0.1) is 0 Å². The fourth-order valence-corrected chi connectivity index (χ4v) is 3.29. The van der Waals surface area contributed by atoms with E-state index in [1.54, 1.807) is 0 Å². The van der Waals surface area contributed by atoms with Crippen LogP contribution in [0.2, 0.25) is 0 Å². The summed E-state index contributed by atoms with van der Waals surface area (Å²) < 4.78 is 0. The van der Waals surface area contributed by atoms with Gasteiger partial charge in [-0.2, -0.15) is 0 Å². The molecule has 1 rings (SSSR count). The van der Waals surface area contributed by atoms with Gasteiger partial charge in [-0.05, 0) is 50.5 Å². The second kappa shape index (κ2) is 7.28. The van der Waals surface area contributed by atoms with Crippen molar-refractivity contribution in [2.75, 3.05) is 13.6 Å². The van der Waals surface area contributed by atoms with Gasteiger partial charge >= 0.3 is 0 Å². The summed E-state index contributed by atoms with van der Waals surface area (Å²) in [5.41, 5.74) is 0.200. The zero-order valence-electron chi connectivity index (χ0n) is 13.4. The van der Waals surface area contributed by atoms with Crippen molar-refractivity contribution in [1.82, 2.24) is 10.6 Å². The Labute approximate surface area is 118 Å². The predicted molar refractivity (Wildman–Crippen MR) is 81.1 cm³/mol. The van der Waals surface area contributed by atoms with E-state index in [1.807, 2.05) is 7.05 Å². The molecule has 0 aromatic carbocycles. The Morgan fingerprint density at radius 2 is 1.79 bits per heavy atom. The number of hydrogen-bond acceptors (Lipinski definition) is 2. The van der Waals surface area contributed by atoms with Crippen LogP contribution in [-0.2, 0) is 4.79 Å². The van der Waals surface area contributed by atoms with E-state index in [4.69, 9.17) is 0 Å². The molecule has 19 heavy (non-hydrogen) atoms. The Kier molecular flexibility index (Phi) is 6.31. The molecule has 0 aromatic heterocycles. The van der Waals surface area contributed by atoms with Crippen molar-refractivity contribution in [3.8, 4) is 0 Å². The van der Waals surface area contributed by atoms with Crippen LogP contribution in [0, 0.1) is 17.3 Å². The molecular formula is C16H32N2O. The molecule has 0 unspecified atom stereocenters. The lowest BCUT2D eigenvalue weighted by Gasteiger charge is -2.30. The van der Waals surface area contributed by atoms with Crippen molar-refractivity contribution < 1.29 is 4.79 Å². The van der Waals surface area contributed by atoms with Crippen molar-refractivity contribution in [1.29, 1.82) is 0 Å². The number of carbonyl (C=O) groups is 1. The molecule has 3 nitrogen and oxygen atoms in total. The third-order valence-corrected chi connectivity index (χ3v) is 4.21. The summed E-state index contributed by atoms with van der Waals surface area (Å²) in [6, 6.07) is 0.612. The normalized spacial score (nSPS) is 24.5. The van der Waals surface area contributed by atoms with Crippen LogP contribution >= 0.6 is 0 Å². The minimum atomic E-state index is 0.200. The highest BCUT2D eigenvalue weighted by Crippen LogP contribution is 2.26. The summed E-state index contributed by atoms with van der Waals surface area (Å²) in [5.74, 6) is 1.18. The van der Waals surface area contributed by atoms with Gasteiger partial charge in [-0.25, -0.2) is 0 Å². The summed E-state index contributed by atoms with van der Waals surface area (Å²) in [6.45, 7) is 9.76. The van der Waals surface area contributed by atoms with E-state index in [0.717, 1.165) is 38.6 Å². The lowest BCUT2D eigenvalue weighted by atomic mass is 9.83. The van der Waals surface area contributed by atoms with E-state index in [2.05, 4.69) is 38.3 Å². The Balaban J connectivity index is 2.32. The zero-order chi connectivity index (χ0) is 14.5. The van der Waals surface area contributed by atoms with Crippen molar-refractivity contribution in [3.05, 3.63) is 0 Å². The predicted octanol–water partition coefficient (Wildman–Crippen LogP) is 2.95. The molecule has 1 amide bonds. The molecule has 1 saturated carbocycles. The number of rotatable bonds is 6. The molecule has 112 valence electrons. The Bertz CT molecular complexity index is 278. The first-order valence-corrected chi connectivity index (χ1v) is 7.79. The number of hydrogen-bond donors (Lipinski definition) is 2. The molecule has 0 spiro atoms. The summed E-state index contributed by atoms with van der Waals surface area (Å²) >= 11 is 0. The molecule has 1 aliphatic rings. The van der Waals surface area contributed by atoms with E-state index in [9.17, 15) is 4.79 Å². The largest absolute Gasteiger partial charge is 0.355 e. The molecule has 0 bridgehead atoms. The maximum atomic E-state index is 12.2. The zero-order valence-corrected chi connectivity index (χ0v) is 13.4. The highest BCUT2D eigenvalue weighted by Gasteiger charge is 2.27. The van der Waals surface area contributed by atoms with Gasteiger partial charge < -0.3 is 10.6 Å². The van der Waals surface area contributed by atoms with E-state index >= 15 is 0 Å². The second-order valence-electron chi connectivity index (χ2n) is 7.32. The minimum Gasteiger partial charge on any atom is -0.355 e. The van der Waals surface area contributed by atoms with E-state index in [1.165, 1.54) is 0 Å². The Hall–Kier alpha value is -0.570. The summed E-state index contributed by atoms with van der Waals surface area (Å²) in [7, 11) is 2.01. The quantitative estimate of drug-likeness (QED) is 0.777. The molecular weight excluding hydrogens is 236 g/mol. The van der Waals surface area contributed by atoms with Crippen LogP contribution in [0.5, 0.6) is 0 Å². The topological polar surface area (TPSA) is 41.1 Å². The average Bonchev–Trinajstić information content (AvgIpc) is 2.34. The Morgan fingerprint density at radius 1 is 1.21 bits per heavy atom. The lowest BCUT2D eigenvalue weighted by molar-refractivity contribution is -0.126. The van der Waals surface area contributed by atoms with Gasteiger partial charge in [-0.3, -0.25) is 4.79 Å². The van der Waals surface area contributed by atoms with Crippen LogP contribution in [0.25, 0.3) is 0 Å². The molecule has 0 heterocycles. The minimum absolute atomic E-state index is 0.200. The molecule has 2 N–H and O–H groups in total. The maximum Gasteiger partial charge on any atom is 0.223 e. The van der Waals surface area contributed by atoms with Crippen LogP contribution in [0.15, 0.2) is 0 Å². The van der Waals surface area contributed by atoms with Gasteiger partial charge in [0, 0.05) is 18.5 Å². The molecule has 0 radical (unpaired) electrons. The van der Waals surface area contributed by atoms with Gasteiger partial charge in [0.05, 0.1) is 0 Å². The highest BCUT2D eigenvalue weighted by molar-refractivity contribution is 5.78. The first-order chi connectivity index (χ1) is 8.84. The summed E-state index contributed by atoms with van der Waals surface area (Å²) in [6.07, 6.45) is 5.47. The van der Waals surface area contributed by atoms with Crippen LogP contribution < -0.4 is 10.6 Å². The van der Waals surface area contributed by atoms with Gasteiger partial charge in [-0.1, -0.05) is 27.7 Å². The van der Waals surface area contributed by atoms with Crippen molar-refractivity contribution >= 4 is 5.91 Å². The van der Waals surface area contributed by atoms with Crippen LogP contribution in [0.1, 0.15) is 59.8 Å². The van der Waals surface area contributed by atoms with Crippen LogP contribution in [-0.4, -0.2) is 25.5 Å². The van der Waals surface area contributed by atoms with Crippen LogP contribution in [0.4, 0.5) is 0 Å². The molecule has 1 aliphatic carbocycles. The van der Waals surface area contributed by atoms with Gasteiger partial charge in [0.2, 0.25) is 5.91 Å². The van der Waals surface area contributed by atoms with E-state index in [0.29, 0.717) is 12.0 Å². The molecule has 3 heteroatoms. The van der Waals surface area contributed by atoms with Crippen molar-refractivity contribution in [2.45, 2.75) is 65.8 Å². The standard InChI is InChI=1S/C16H32N2O/c1-12(2)10-16(3,4)11-18-15(19)13-6-8-14(17-5)9-7-13/h12-14,17H,6-11H2,1-5H3,(H,18,19).